The monoisotopic (exact) mass is 209 g/mol. The lowest BCUT2D eigenvalue weighted by atomic mass is 9.98. The lowest BCUT2D eigenvalue weighted by Gasteiger charge is -2.17. The van der Waals surface area contributed by atoms with E-state index in [0.717, 1.165) is 17.7 Å². The number of nitrogens with two attached hydrogens (primary N) is 1. The first-order chi connectivity index (χ1) is 6.92. The Morgan fingerprint density at radius 2 is 2.07 bits per heavy atom. The number of rotatable bonds is 4. The first kappa shape index (κ1) is 11.9. The van der Waals surface area contributed by atoms with E-state index in [4.69, 9.17) is 10.5 Å². The number of benzene rings is 1. The zero-order valence-electron chi connectivity index (χ0n) is 9.58. The summed E-state index contributed by atoms with van der Waals surface area (Å²) in [5.41, 5.74) is 6.78. The largest absolute Gasteiger partial charge is 0.496 e. The van der Waals surface area contributed by atoms with Gasteiger partial charge in [0, 0.05) is 11.8 Å². The van der Waals surface area contributed by atoms with Gasteiger partial charge < -0.3 is 15.6 Å². The highest BCUT2D eigenvalue weighted by Crippen LogP contribution is 2.24. The minimum absolute atomic E-state index is 0.646. The molecule has 0 aliphatic carbocycles. The number of nitrogen functional groups attached to an aromatic ring is 1. The highest BCUT2D eigenvalue weighted by Gasteiger charge is 2.13. The Morgan fingerprint density at radius 3 is 2.60 bits per heavy atom. The molecule has 3 nitrogen and oxygen atoms in total. The lowest BCUT2D eigenvalue weighted by Crippen LogP contribution is -2.19. The van der Waals surface area contributed by atoms with Crippen molar-refractivity contribution in [3.8, 4) is 5.75 Å². The summed E-state index contributed by atoms with van der Waals surface area (Å²) >= 11 is 0. The summed E-state index contributed by atoms with van der Waals surface area (Å²) in [4.78, 5) is 0. The number of aryl methyl sites for hydroxylation is 1. The fraction of sp³-hybridized carbons (Fsp3) is 0.500. The van der Waals surface area contributed by atoms with Crippen LogP contribution in [0.15, 0.2) is 18.2 Å². The molecule has 3 N–H and O–H groups in total. The van der Waals surface area contributed by atoms with Crippen molar-refractivity contribution in [2.45, 2.75) is 32.3 Å². The maximum absolute atomic E-state index is 9.63. The third-order valence-electron chi connectivity index (χ3n) is 2.32. The third-order valence-corrected chi connectivity index (χ3v) is 2.32. The molecule has 1 rings (SSSR count). The molecule has 0 aliphatic rings. The average molecular weight is 209 g/mol. The zero-order valence-corrected chi connectivity index (χ0v) is 9.58. The molecule has 1 aromatic rings. The summed E-state index contributed by atoms with van der Waals surface area (Å²) in [7, 11) is 1.63. The quantitative estimate of drug-likeness (QED) is 0.745. The number of ether oxygens (including phenoxy) is 1. The normalized spacial score (nSPS) is 11.5. The second kappa shape index (κ2) is 4.53. The van der Waals surface area contributed by atoms with Crippen LogP contribution in [0, 0.1) is 0 Å². The van der Waals surface area contributed by atoms with Gasteiger partial charge in [0.25, 0.3) is 0 Å². The van der Waals surface area contributed by atoms with Gasteiger partial charge in [-0.2, -0.15) is 0 Å². The standard InChI is InChI=1S/C12H19NO2/c1-12(2,14)7-6-9-4-5-10(13)8-11(9)15-3/h4-5,8,14H,6-7,13H2,1-3H3. The molecular formula is C12H19NO2. The Balaban J connectivity index is 2.76. The van der Waals surface area contributed by atoms with E-state index in [-0.39, 0.29) is 0 Å². The fourth-order valence-electron chi connectivity index (χ4n) is 1.41. The van der Waals surface area contributed by atoms with Crippen molar-refractivity contribution in [2.75, 3.05) is 12.8 Å². The highest BCUT2D eigenvalue weighted by molar-refractivity contribution is 5.48. The van der Waals surface area contributed by atoms with E-state index in [0.29, 0.717) is 12.1 Å². The van der Waals surface area contributed by atoms with Gasteiger partial charge in [-0.1, -0.05) is 6.07 Å². The van der Waals surface area contributed by atoms with Crippen molar-refractivity contribution >= 4 is 5.69 Å². The minimum Gasteiger partial charge on any atom is -0.496 e. The lowest BCUT2D eigenvalue weighted by molar-refractivity contribution is 0.0712. The van der Waals surface area contributed by atoms with Crippen LogP contribution < -0.4 is 10.5 Å². The molecule has 3 heteroatoms. The van der Waals surface area contributed by atoms with Crippen LogP contribution in [0.1, 0.15) is 25.8 Å². The maximum atomic E-state index is 9.63. The molecule has 84 valence electrons. The molecule has 0 saturated heterocycles. The average Bonchev–Trinajstić information content (AvgIpc) is 2.14. The van der Waals surface area contributed by atoms with Gasteiger partial charge in [-0.25, -0.2) is 0 Å². The Morgan fingerprint density at radius 1 is 1.40 bits per heavy atom. The van der Waals surface area contributed by atoms with Crippen LogP contribution >= 0.6 is 0 Å². The van der Waals surface area contributed by atoms with Crippen molar-refractivity contribution in [2.24, 2.45) is 0 Å². The topological polar surface area (TPSA) is 55.5 Å². The van der Waals surface area contributed by atoms with Crippen LogP contribution in [0.5, 0.6) is 5.75 Å². The Kier molecular flexibility index (Phi) is 3.58. The first-order valence-corrected chi connectivity index (χ1v) is 5.07. The Hall–Kier alpha value is -1.22. The molecule has 0 bridgehead atoms. The molecule has 0 spiro atoms. The molecule has 1 aromatic carbocycles. The number of aliphatic hydroxyl groups is 1. The maximum Gasteiger partial charge on any atom is 0.124 e. The van der Waals surface area contributed by atoms with Crippen molar-refractivity contribution in [3.05, 3.63) is 23.8 Å². The second-order valence-electron chi connectivity index (χ2n) is 4.38. The smallest absolute Gasteiger partial charge is 0.124 e. The van der Waals surface area contributed by atoms with Crippen molar-refractivity contribution in [3.63, 3.8) is 0 Å². The SMILES string of the molecule is COc1cc(N)ccc1CCC(C)(C)O. The third kappa shape index (κ3) is 3.80. The summed E-state index contributed by atoms with van der Waals surface area (Å²) in [5, 5.41) is 9.63. The molecule has 0 unspecified atom stereocenters. The number of hydrogen-bond donors (Lipinski definition) is 2. The minimum atomic E-state index is -0.646. The van der Waals surface area contributed by atoms with Crippen LogP contribution in [0.25, 0.3) is 0 Å². The van der Waals surface area contributed by atoms with E-state index in [2.05, 4.69) is 0 Å². The molecule has 0 heterocycles. The highest BCUT2D eigenvalue weighted by atomic mass is 16.5. The Labute approximate surface area is 90.9 Å². The zero-order chi connectivity index (χ0) is 11.5. The van der Waals surface area contributed by atoms with Gasteiger partial charge in [-0.3, -0.25) is 0 Å². The number of anilines is 1. The van der Waals surface area contributed by atoms with Gasteiger partial charge in [-0.15, -0.1) is 0 Å². The fourth-order valence-corrected chi connectivity index (χ4v) is 1.41. The van der Waals surface area contributed by atoms with Gasteiger partial charge in [0.1, 0.15) is 5.75 Å². The molecular weight excluding hydrogens is 190 g/mol. The molecule has 15 heavy (non-hydrogen) atoms. The molecule has 0 aromatic heterocycles. The molecule has 0 saturated carbocycles. The molecule has 0 fully saturated rings. The Bertz CT molecular complexity index is 329. The molecule has 0 amide bonds. The van der Waals surface area contributed by atoms with E-state index < -0.39 is 5.60 Å². The predicted molar refractivity (Wildman–Crippen MR) is 62.0 cm³/mol. The van der Waals surface area contributed by atoms with E-state index in [1.165, 1.54) is 0 Å². The second-order valence-corrected chi connectivity index (χ2v) is 4.38. The summed E-state index contributed by atoms with van der Waals surface area (Å²) in [6.07, 6.45) is 1.49. The van der Waals surface area contributed by atoms with Crippen LogP contribution in [0.4, 0.5) is 5.69 Å². The van der Waals surface area contributed by atoms with Crippen LogP contribution in [-0.4, -0.2) is 17.8 Å². The van der Waals surface area contributed by atoms with E-state index in [9.17, 15) is 5.11 Å². The van der Waals surface area contributed by atoms with Crippen molar-refractivity contribution in [1.29, 1.82) is 0 Å². The van der Waals surface area contributed by atoms with Crippen molar-refractivity contribution in [1.82, 2.24) is 0 Å². The summed E-state index contributed by atoms with van der Waals surface area (Å²) in [5.74, 6) is 0.791. The summed E-state index contributed by atoms with van der Waals surface area (Å²) in [6, 6.07) is 5.60. The number of hydrogen-bond acceptors (Lipinski definition) is 3. The van der Waals surface area contributed by atoms with Gasteiger partial charge in [0.2, 0.25) is 0 Å². The number of methoxy groups -OCH3 is 1. The first-order valence-electron chi connectivity index (χ1n) is 5.07. The molecule has 0 radical (unpaired) electrons. The van der Waals surface area contributed by atoms with Gasteiger partial charge in [0.15, 0.2) is 0 Å². The van der Waals surface area contributed by atoms with Crippen molar-refractivity contribution < 1.29 is 9.84 Å². The predicted octanol–water partition coefficient (Wildman–Crippen LogP) is 1.98. The molecule has 0 atom stereocenters. The van der Waals surface area contributed by atoms with E-state index >= 15 is 0 Å². The van der Waals surface area contributed by atoms with Gasteiger partial charge in [-0.05, 0) is 38.3 Å². The summed E-state index contributed by atoms with van der Waals surface area (Å²) < 4.78 is 5.23. The molecule has 0 aliphatic heterocycles. The van der Waals surface area contributed by atoms with Crippen LogP contribution in [0.3, 0.4) is 0 Å². The van der Waals surface area contributed by atoms with Gasteiger partial charge in [0.05, 0.1) is 12.7 Å². The van der Waals surface area contributed by atoms with Crippen LogP contribution in [-0.2, 0) is 6.42 Å². The van der Waals surface area contributed by atoms with Gasteiger partial charge >= 0.3 is 0 Å². The van der Waals surface area contributed by atoms with Crippen LogP contribution in [0.2, 0.25) is 0 Å². The van der Waals surface area contributed by atoms with E-state index in [1.807, 2.05) is 12.1 Å². The summed E-state index contributed by atoms with van der Waals surface area (Å²) in [6.45, 7) is 3.60. The van der Waals surface area contributed by atoms with E-state index in [1.54, 1.807) is 27.0 Å².